The summed E-state index contributed by atoms with van der Waals surface area (Å²) in [6.07, 6.45) is 1.07. The summed E-state index contributed by atoms with van der Waals surface area (Å²) in [6.45, 7) is 5.94. The lowest BCUT2D eigenvalue weighted by molar-refractivity contribution is -0.135. The van der Waals surface area contributed by atoms with Gasteiger partial charge in [-0.15, -0.1) is 0 Å². The van der Waals surface area contributed by atoms with Crippen molar-refractivity contribution in [3.8, 4) is 0 Å². The highest BCUT2D eigenvalue weighted by Crippen LogP contribution is 2.26. The Kier molecular flexibility index (Phi) is 5.76. The average Bonchev–Trinajstić information content (AvgIpc) is 3.05. The third kappa shape index (κ3) is 3.91. The molecule has 5 nitrogen and oxygen atoms in total. The number of carbonyl (C=O) groups excluding carboxylic acids is 1. The zero-order chi connectivity index (χ0) is 17.1. The number of benzene rings is 1. The largest absolute Gasteiger partial charge is 0.339 e. The first kappa shape index (κ1) is 17.7. The predicted molar refractivity (Wildman–Crippen MR) is 97.3 cm³/mol. The van der Waals surface area contributed by atoms with Crippen molar-refractivity contribution in [3.05, 3.63) is 34.9 Å². The third-order valence-corrected chi connectivity index (χ3v) is 5.29. The van der Waals surface area contributed by atoms with E-state index in [4.69, 9.17) is 11.6 Å². The zero-order valence-corrected chi connectivity index (χ0v) is 15.3. The molecule has 1 aromatic carbocycles. The molecule has 0 spiro atoms. The lowest BCUT2D eigenvalue weighted by atomic mass is 10.0. The van der Waals surface area contributed by atoms with Crippen LogP contribution in [0.4, 0.5) is 0 Å². The summed E-state index contributed by atoms with van der Waals surface area (Å²) in [6, 6.07) is 7.86. The van der Waals surface area contributed by atoms with E-state index in [2.05, 4.69) is 10.2 Å². The molecule has 2 atom stereocenters. The number of halogens is 1. The van der Waals surface area contributed by atoms with Crippen molar-refractivity contribution in [2.45, 2.75) is 18.5 Å². The van der Waals surface area contributed by atoms with Crippen molar-refractivity contribution in [1.29, 1.82) is 0 Å². The van der Waals surface area contributed by atoms with Gasteiger partial charge in [0.2, 0.25) is 5.91 Å². The third-order valence-electron chi connectivity index (χ3n) is 5.06. The number of nitrogens with zero attached hydrogens (tertiary/aromatic N) is 3. The lowest BCUT2D eigenvalue weighted by Gasteiger charge is -2.33. The molecule has 24 heavy (non-hydrogen) atoms. The summed E-state index contributed by atoms with van der Waals surface area (Å²) < 4.78 is 0. The van der Waals surface area contributed by atoms with E-state index in [-0.39, 0.29) is 11.9 Å². The number of rotatable bonds is 4. The molecule has 132 valence electrons. The minimum absolute atomic E-state index is 0.180. The average molecular weight is 351 g/mol. The quantitative estimate of drug-likeness (QED) is 0.892. The van der Waals surface area contributed by atoms with Gasteiger partial charge in [-0.1, -0.05) is 23.7 Å². The molecular weight excluding hydrogens is 324 g/mol. The lowest BCUT2D eigenvalue weighted by Crippen LogP contribution is -2.49. The second kappa shape index (κ2) is 7.83. The van der Waals surface area contributed by atoms with Crippen LogP contribution in [-0.4, -0.2) is 80.0 Å². The van der Waals surface area contributed by atoms with E-state index in [9.17, 15) is 4.79 Å². The van der Waals surface area contributed by atoms with Gasteiger partial charge in [0.25, 0.3) is 0 Å². The molecule has 2 fully saturated rings. The van der Waals surface area contributed by atoms with Gasteiger partial charge in [0, 0.05) is 50.3 Å². The van der Waals surface area contributed by atoms with E-state index in [1.165, 1.54) is 0 Å². The van der Waals surface area contributed by atoms with Gasteiger partial charge in [0.15, 0.2) is 0 Å². The smallest absolute Gasteiger partial charge is 0.244 e. The Hall–Kier alpha value is -1.14. The number of amides is 1. The van der Waals surface area contributed by atoms with Gasteiger partial charge in [0.1, 0.15) is 6.04 Å². The van der Waals surface area contributed by atoms with Crippen LogP contribution in [0.5, 0.6) is 0 Å². The Morgan fingerprint density at radius 2 is 2.04 bits per heavy atom. The minimum atomic E-state index is -0.273. The first-order chi connectivity index (χ1) is 11.6. The Labute approximate surface area is 149 Å². The Balaban J connectivity index is 1.69. The van der Waals surface area contributed by atoms with Gasteiger partial charge >= 0.3 is 0 Å². The molecule has 1 amide bonds. The number of carbonyl (C=O) groups is 1. The molecule has 2 aliphatic rings. The highest BCUT2D eigenvalue weighted by atomic mass is 35.5. The highest BCUT2D eigenvalue weighted by Gasteiger charge is 2.35. The van der Waals surface area contributed by atoms with Crippen LogP contribution in [0.2, 0.25) is 5.02 Å². The number of likely N-dealkylation sites (tertiary alicyclic amines) is 1. The van der Waals surface area contributed by atoms with Gasteiger partial charge in [-0.05, 0) is 38.2 Å². The minimum Gasteiger partial charge on any atom is -0.339 e. The van der Waals surface area contributed by atoms with Gasteiger partial charge in [-0.2, -0.15) is 0 Å². The summed E-state index contributed by atoms with van der Waals surface area (Å²) in [5.74, 6) is 0.180. The first-order valence-corrected chi connectivity index (χ1v) is 9.09. The Bertz CT molecular complexity index is 574. The van der Waals surface area contributed by atoms with Crippen molar-refractivity contribution in [3.63, 3.8) is 0 Å². The molecule has 2 saturated heterocycles. The van der Waals surface area contributed by atoms with E-state index >= 15 is 0 Å². The normalized spacial score (nSPS) is 23.7. The molecule has 0 bridgehead atoms. The monoisotopic (exact) mass is 350 g/mol. The first-order valence-electron chi connectivity index (χ1n) is 8.71. The van der Waals surface area contributed by atoms with Gasteiger partial charge in [-0.3, -0.25) is 14.6 Å². The molecule has 2 heterocycles. The van der Waals surface area contributed by atoms with Crippen LogP contribution in [0.3, 0.4) is 0 Å². The summed E-state index contributed by atoms with van der Waals surface area (Å²) in [4.78, 5) is 19.7. The number of hydrogen-bond acceptors (Lipinski definition) is 4. The maximum absolute atomic E-state index is 13.1. The molecule has 0 radical (unpaired) electrons. The van der Waals surface area contributed by atoms with Crippen molar-refractivity contribution >= 4 is 17.5 Å². The molecule has 0 saturated carbocycles. The summed E-state index contributed by atoms with van der Waals surface area (Å²) >= 11 is 6.13. The summed E-state index contributed by atoms with van der Waals surface area (Å²) in [7, 11) is 3.90. The van der Waals surface area contributed by atoms with Crippen molar-refractivity contribution in [2.24, 2.45) is 0 Å². The molecular formula is C18H27ClN4O. The van der Waals surface area contributed by atoms with Crippen molar-refractivity contribution in [2.75, 3.05) is 53.4 Å². The summed E-state index contributed by atoms with van der Waals surface area (Å²) in [5.41, 5.74) is 0.961. The number of nitrogens with one attached hydrogen (secondary N) is 1. The van der Waals surface area contributed by atoms with Crippen LogP contribution in [-0.2, 0) is 4.79 Å². The van der Waals surface area contributed by atoms with Crippen LogP contribution in [0.15, 0.2) is 24.3 Å². The maximum Gasteiger partial charge on any atom is 0.244 e. The van der Waals surface area contributed by atoms with Crippen LogP contribution < -0.4 is 5.32 Å². The van der Waals surface area contributed by atoms with E-state index in [1.807, 2.05) is 48.2 Å². The fourth-order valence-corrected chi connectivity index (χ4v) is 4.00. The fourth-order valence-electron chi connectivity index (χ4n) is 3.80. The van der Waals surface area contributed by atoms with Gasteiger partial charge < -0.3 is 10.2 Å². The number of hydrogen-bond donors (Lipinski definition) is 1. The molecule has 6 heteroatoms. The molecule has 0 aliphatic carbocycles. The number of likely N-dealkylation sites (N-methyl/N-ethyl adjacent to an activating group) is 1. The maximum atomic E-state index is 13.1. The van der Waals surface area contributed by atoms with Crippen LogP contribution in [0.25, 0.3) is 0 Å². The van der Waals surface area contributed by atoms with Crippen LogP contribution in [0, 0.1) is 0 Å². The van der Waals surface area contributed by atoms with Crippen LogP contribution in [0.1, 0.15) is 18.0 Å². The van der Waals surface area contributed by atoms with Gasteiger partial charge in [0.05, 0.1) is 0 Å². The highest BCUT2D eigenvalue weighted by molar-refractivity contribution is 6.30. The summed E-state index contributed by atoms with van der Waals surface area (Å²) in [5, 5.41) is 4.06. The molecule has 1 aromatic rings. The molecule has 1 N–H and O–H groups in total. The molecule has 2 aliphatic heterocycles. The number of piperazine rings is 1. The molecule has 2 unspecified atom stereocenters. The second-order valence-electron chi connectivity index (χ2n) is 6.93. The van der Waals surface area contributed by atoms with E-state index < -0.39 is 0 Å². The van der Waals surface area contributed by atoms with Crippen LogP contribution >= 0.6 is 11.6 Å². The SMILES string of the molecule is CN(C)C(C(=O)N1CCC(N2CCNCC2)C1)c1cccc(Cl)c1. The predicted octanol–water partition coefficient (Wildman–Crippen LogP) is 1.45. The Morgan fingerprint density at radius 1 is 1.29 bits per heavy atom. The fraction of sp³-hybridized carbons (Fsp3) is 0.611. The second-order valence-corrected chi connectivity index (χ2v) is 7.37. The molecule has 0 aromatic heterocycles. The van der Waals surface area contributed by atoms with E-state index in [0.29, 0.717) is 11.1 Å². The zero-order valence-electron chi connectivity index (χ0n) is 14.5. The molecule has 3 rings (SSSR count). The Morgan fingerprint density at radius 3 is 2.71 bits per heavy atom. The standard InChI is InChI=1S/C18H27ClN4O/c1-21(2)17(14-4-3-5-15(19)12-14)18(24)23-9-6-16(13-23)22-10-7-20-8-11-22/h3-5,12,16-17,20H,6-11,13H2,1-2H3. The van der Waals surface area contributed by atoms with Crippen molar-refractivity contribution in [1.82, 2.24) is 20.0 Å². The topological polar surface area (TPSA) is 38.8 Å². The van der Waals surface area contributed by atoms with E-state index in [0.717, 1.165) is 51.3 Å². The van der Waals surface area contributed by atoms with Crippen molar-refractivity contribution < 1.29 is 4.79 Å². The van der Waals surface area contributed by atoms with Gasteiger partial charge in [-0.25, -0.2) is 0 Å². The van der Waals surface area contributed by atoms with E-state index in [1.54, 1.807) is 0 Å².